The molecule has 0 fully saturated rings. The lowest BCUT2D eigenvalue weighted by Crippen LogP contribution is -2.45. The molecule has 2 amide bonds. The molecular formula is C22H28Cl2N4O2. The number of carbonyl (C=O) groups excluding carboxylic acids is 1. The Morgan fingerprint density at radius 2 is 2.03 bits per heavy atom. The zero-order valence-electron chi connectivity index (χ0n) is 17.5. The van der Waals surface area contributed by atoms with Gasteiger partial charge in [0.2, 0.25) is 0 Å². The highest BCUT2D eigenvalue weighted by molar-refractivity contribution is 6.42. The van der Waals surface area contributed by atoms with E-state index in [0.29, 0.717) is 35.4 Å². The summed E-state index contributed by atoms with van der Waals surface area (Å²) >= 11 is 12.2. The third-order valence-electron chi connectivity index (χ3n) is 5.37. The van der Waals surface area contributed by atoms with E-state index in [-0.39, 0.29) is 30.5 Å². The molecule has 2 aromatic rings. The number of aliphatic hydroxyl groups excluding tert-OH is 1. The van der Waals surface area contributed by atoms with Gasteiger partial charge in [-0.2, -0.15) is 0 Å². The van der Waals surface area contributed by atoms with Crippen molar-refractivity contribution in [3.8, 4) is 0 Å². The van der Waals surface area contributed by atoms with E-state index in [1.807, 2.05) is 25.3 Å². The summed E-state index contributed by atoms with van der Waals surface area (Å²) in [5.74, 6) is 0.981. The van der Waals surface area contributed by atoms with Crippen LogP contribution in [0.15, 0.2) is 24.4 Å². The molecule has 0 spiro atoms. The molecule has 8 heteroatoms. The molecule has 30 heavy (non-hydrogen) atoms. The highest BCUT2D eigenvalue weighted by Gasteiger charge is 2.26. The molecule has 2 heterocycles. The minimum Gasteiger partial charge on any atom is -0.396 e. The summed E-state index contributed by atoms with van der Waals surface area (Å²) in [5, 5.41) is 13.4. The normalized spacial score (nSPS) is 15.6. The van der Waals surface area contributed by atoms with Crippen molar-refractivity contribution in [2.75, 3.05) is 13.2 Å². The van der Waals surface area contributed by atoms with Gasteiger partial charge in [-0.15, -0.1) is 0 Å². The topological polar surface area (TPSA) is 78.4 Å². The van der Waals surface area contributed by atoms with Gasteiger partial charge in [0, 0.05) is 25.8 Å². The first-order chi connectivity index (χ1) is 14.3. The zero-order chi connectivity index (χ0) is 21.8. The number of urea groups is 1. The summed E-state index contributed by atoms with van der Waals surface area (Å²) < 4.78 is 0. The number of fused-ring (bicyclic) bond motifs is 1. The Kier molecular flexibility index (Phi) is 7.55. The maximum Gasteiger partial charge on any atom is 0.318 e. The lowest BCUT2D eigenvalue weighted by atomic mass is 9.96. The lowest BCUT2D eigenvalue weighted by Gasteiger charge is -2.31. The molecule has 0 saturated carbocycles. The fraction of sp³-hybridized carbons (Fsp3) is 0.500. The van der Waals surface area contributed by atoms with Gasteiger partial charge >= 0.3 is 6.03 Å². The summed E-state index contributed by atoms with van der Waals surface area (Å²) in [7, 11) is 0. The van der Waals surface area contributed by atoms with Crippen LogP contribution in [0.3, 0.4) is 0 Å². The van der Waals surface area contributed by atoms with Gasteiger partial charge in [-0.1, -0.05) is 50.0 Å². The van der Waals surface area contributed by atoms with E-state index in [0.717, 1.165) is 23.2 Å². The van der Waals surface area contributed by atoms with Crippen LogP contribution in [0.5, 0.6) is 0 Å². The Labute approximate surface area is 187 Å². The molecule has 0 bridgehead atoms. The molecule has 0 unspecified atom stereocenters. The number of aromatic nitrogens is 2. The molecular weight excluding hydrogens is 423 g/mol. The fourth-order valence-electron chi connectivity index (χ4n) is 3.56. The van der Waals surface area contributed by atoms with E-state index in [1.165, 1.54) is 0 Å². The van der Waals surface area contributed by atoms with Gasteiger partial charge in [-0.3, -0.25) is 0 Å². The third-order valence-corrected chi connectivity index (χ3v) is 6.11. The highest BCUT2D eigenvalue weighted by atomic mass is 35.5. The van der Waals surface area contributed by atoms with Crippen LogP contribution in [-0.2, 0) is 19.4 Å². The largest absolute Gasteiger partial charge is 0.396 e. The maximum atomic E-state index is 13.0. The van der Waals surface area contributed by atoms with Crippen molar-refractivity contribution in [1.29, 1.82) is 0 Å². The van der Waals surface area contributed by atoms with Gasteiger partial charge < -0.3 is 15.3 Å². The van der Waals surface area contributed by atoms with Crippen LogP contribution in [-0.4, -0.2) is 39.2 Å². The highest BCUT2D eigenvalue weighted by Crippen LogP contribution is 2.29. The first-order valence-corrected chi connectivity index (χ1v) is 11.0. The molecule has 2 atom stereocenters. The van der Waals surface area contributed by atoms with Crippen LogP contribution in [0.1, 0.15) is 49.5 Å². The van der Waals surface area contributed by atoms with Gasteiger partial charge in [0.15, 0.2) is 0 Å². The number of halogens is 2. The van der Waals surface area contributed by atoms with Gasteiger partial charge in [0.1, 0.15) is 5.82 Å². The van der Waals surface area contributed by atoms with Crippen LogP contribution in [0.25, 0.3) is 0 Å². The molecule has 162 valence electrons. The van der Waals surface area contributed by atoms with E-state index < -0.39 is 0 Å². The average molecular weight is 451 g/mol. The fourth-order valence-corrected chi connectivity index (χ4v) is 3.86. The quantitative estimate of drug-likeness (QED) is 0.682. The lowest BCUT2D eigenvalue weighted by molar-refractivity contribution is 0.183. The van der Waals surface area contributed by atoms with Crippen molar-refractivity contribution in [1.82, 2.24) is 20.2 Å². The summed E-state index contributed by atoms with van der Waals surface area (Å²) in [6.45, 7) is 7.22. The Morgan fingerprint density at radius 3 is 2.70 bits per heavy atom. The molecule has 1 aliphatic heterocycles. The second kappa shape index (κ2) is 9.94. The standard InChI is InChI=1S/C22H28Cl2N4O2/c1-13(2)21(15-4-5-17(23)18(24)9-15)27-22(30)28-7-6-16-10-25-20(8-14(3)12-29)26-19(16)11-28/h4-5,9-10,13-14,21,29H,6-8,11-12H2,1-3H3,(H,27,30)/t14-,21-/m1/s1. The predicted octanol–water partition coefficient (Wildman–Crippen LogP) is 4.42. The number of aliphatic hydroxyl groups is 1. The van der Waals surface area contributed by atoms with Crippen molar-refractivity contribution in [2.45, 2.75) is 46.2 Å². The molecule has 1 aromatic carbocycles. The number of nitrogens with one attached hydrogen (secondary N) is 1. The summed E-state index contributed by atoms with van der Waals surface area (Å²) in [6.07, 6.45) is 3.18. The van der Waals surface area contributed by atoms with Crippen molar-refractivity contribution in [3.63, 3.8) is 0 Å². The zero-order valence-corrected chi connectivity index (χ0v) is 19.0. The molecule has 0 radical (unpaired) electrons. The number of hydrogen-bond acceptors (Lipinski definition) is 4. The Bertz CT molecular complexity index is 907. The first-order valence-electron chi connectivity index (χ1n) is 10.2. The second-order valence-corrected chi connectivity index (χ2v) is 9.08. The van der Waals surface area contributed by atoms with E-state index >= 15 is 0 Å². The minimum atomic E-state index is -0.181. The molecule has 1 aromatic heterocycles. The van der Waals surface area contributed by atoms with Crippen LogP contribution < -0.4 is 5.32 Å². The molecule has 0 aliphatic carbocycles. The number of amides is 2. The molecule has 1 aliphatic rings. The monoisotopic (exact) mass is 450 g/mol. The first kappa shape index (κ1) is 22.8. The van der Waals surface area contributed by atoms with Crippen LogP contribution in [0.4, 0.5) is 4.79 Å². The molecule has 3 rings (SSSR count). The Morgan fingerprint density at radius 1 is 1.27 bits per heavy atom. The number of hydrogen-bond donors (Lipinski definition) is 2. The predicted molar refractivity (Wildman–Crippen MR) is 119 cm³/mol. The Hall–Kier alpha value is -1.89. The van der Waals surface area contributed by atoms with E-state index in [2.05, 4.69) is 29.1 Å². The van der Waals surface area contributed by atoms with Gasteiger partial charge in [-0.05, 0) is 41.5 Å². The molecule has 2 N–H and O–H groups in total. The molecule has 0 saturated heterocycles. The third kappa shape index (κ3) is 5.42. The summed E-state index contributed by atoms with van der Waals surface area (Å²) in [6, 6.07) is 5.15. The second-order valence-electron chi connectivity index (χ2n) is 8.27. The smallest absolute Gasteiger partial charge is 0.318 e. The number of nitrogens with zero attached hydrogens (tertiary/aromatic N) is 3. The van der Waals surface area contributed by atoms with Gasteiger partial charge in [-0.25, -0.2) is 14.8 Å². The summed E-state index contributed by atoms with van der Waals surface area (Å²) in [5.41, 5.74) is 2.87. The molecule has 6 nitrogen and oxygen atoms in total. The maximum absolute atomic E-state index is 13.0. The van der Waals surface area contributed by atoms with E-state index in [4.69, 9.17) is 23.2 Å². The SMILES string of the molecule is CC(C)[C@@H](NC(=O)N1CCc2cnc(C[C@@H](C)CO)nc2C1)c1ccc(Cl)c(Cl)c1. The van der Waals surface area contributed by atoms with Crippen LogP contribution in [0.2, 0.25) is 10.0 Å². The number of rotatable bonds is 6. The average Bonchev–Trinajstić information content (AvgIpc) is 2.73. The van der Waals surface area contributed by atoms with Crippen LogP contribution >= 0.6 is 23.2 Å². The van der Waals surface area contributed by atoms with Crippen LogP contribution in [0, 0.1) is 11.8 Å². The van der Waals surface area contributed by atoms with Gasteiger partial charge in [0.25, 0.3) is 0 Å². The number of carbonyl (C=O) groups is 1. The van der Waals surface area contributed by atoms with E-state index in [1.54, 1.807) is 11.0 Å². The summed E-state index contributed by atoms with van der Waals surface area (Å²) in [4.78, 5) is 23.9. The minimum absolute atomic E-state index is 0.0975. The number of benzene rings is 1. The Balaban J connectivity index is 1.72. The van der Waals surface area contributed by atoms with Crippen molar-refractivity contribution in [2.24, 2.45) is 11.8 Å². The van der Waals surface area contributed by atoms with Crippen molar-refractivity contribution in [3.05, 3.63) is 57.1 Å². The van der Waals surface area contributed by atoms with Crippen molar-refractivity contribution >= 4 is 29.2 Å². The van der Waals surface area contributed by atoms with E-state index in [9.17, 15) is 9.90 Å². The van der Waals surface area contributed by atoms with Gasteiger partial charge in [0.05, 0.1) is 28.3 Å². The van der Waals surface area contributed by atoms with Crippen molar-refractivity contribution < 1.29 is 9.90 Å².